The highest BCUT2D eigenvalue weighted by Crippen LogP contribution is 2.30. The Morgan fingerprint density at radius 3 is 2.62 bits per heavy atom. The largest absolute Gasteiger partial charge is 0.405 e. The quantitative estimate of drug-likeness (QED) is 0.544. The number of nitrogens with two attached hydrogens (primary N) is 1. The summed E-state index contributed by atoms with van der Waals surface area (Å²) in [6.07, 6.45) is 4.24. The van der Waals surface area contributed by atoms with Gasteiger partial charge in [-0.05, 0) is 45.9 Å². The van der Waals surface area contributed by atoms with Gasteiger partial charge in [-0.25, -0.2) is 0 Å². The molecular formula is C18H15N3. The molecule has 4 aromatic rings. The molecule has 0 saturated carbocycles. The lowest BCUT2D eigenvalue weighted by Gasteiger charge is -2.04. The predicted octanol–water partition coefficient (Wildman–Crippen LogP) is 3.88. The number of fused-ring (bicyclic) bond motifs is 4. The maximum Gasteiger partial charge on any atom is 0.0745 e. The van der Waals surface area contributed by atoms with Gasteiger partial charge in [0.1, 0.15) is 0 Å². The second-order valence-electron chi connectivity index (χ2n) is 5.21. The van der Waals surface area contributed by atoms with Crippen LogP contribution in [-0.4, -0.2) is 10.2 Å². The summed E-state index contributed by atoms with van der Waals surface area (Å²) >= 11 is 0. The standard InChI is InChI=1S/C18H15N3/c19-9-3-6-16-18-15-11-13-5-2-1-4-12(13)10-14(15)7-8-17(18)21-20-16/h1-5,7-11H,6,19H2,(H,20,21). The van der Waals surface area contributed by atoms with Crippen molar-refractivity contribution in [2.45, 2.75) is 6.42 Å². The molecule has 0 aliphatic rings. The Labute approximate surface area is 122 Å². The first-order valence-electron chi connectivity index (χ1n) is 7.02. The molecule has 0 bridgehead atoms. The molecule has 1 heterocycles. The van der Waals surface area contributed by atoms with Gasteiger partial charge in [0, 0.05) is 11.8 Å². The summed E-state index contributed by atoms with van der Waals surface area (Å²) in [5.41, 5.74) is 7.56. The number of nitrogens with one attached hydrogen (secondary N) is 1. The zero-order chi connectivity index (χ0) is 14.2. The van der Waals surface area contributed by atoms with Gasteiger partial charge in [0.25, 0.3) is 0 Å². The molecule has 0 spiro atoms. The number of nitrogens with zero attached hydrogens (tertiary/aromatic N) is 1. The normalized spacial score (nSPS) is 12.0. The van der Waals surface area contributed by atoms with Crippen molar-refractivity contribution in [2.24, 2.45) is 5.73 Å². The summed E-state index contributed by atoms with van der Waals surface area (Å²) in [6.45, 7) is 0. The fraction of sp³-hybridized carbons (Fsp3) is 0.0556. The molecule has 4 rings (SSSR count). The van der Waals surface area contributed by atoms with Crippen molar-refractivity contribution in [1.29, 1.82) is 0 Å². The van der Waals surface area contributed by atoms with E-state index in [9.17, 15) is 0 Å². The van der Waals surface area contributed by atoms with Crippen LogP contribution in [0, 0.1) is 0 Å². The molecule has 3 N–H and O–H groups in total. The first-order chi connectivity index (χ1) is 10.4. The van der Waals surface area contributed by atoms with Gasteiger partial charge in [0.15, 0.2) is 0 Å². The van der Waals surface area contributed by atoms with E-state index in [-0.39, 0.29) is 0 Å². The summed E-state index contributed by atoms with van der Waals surface area (Å²) in [5.74, 6) is 0. The average molecular weight is 273 g/mol. The number of benzene rings is 3. The molecule has 0 fully saturated rings. The van der Waals surface area contributed by atoms with Crippen molar-refractivity contribution in [3.63, 3.8) is 0 Å². The molecule has 3 heteroatoms. The lowest BCUT2D eigenvalue weighted by Crippen LogP contribution is -1.86. The monoisotopic (exact) mass is 273 g/mol. The van der Waals surface area contributed by atoms with E-state index in [4.69, 9.17) is 5.73 Å². The van der Waals surface area contributed by atoms with Crippen LogP contribution in [-0.2, 0) is 6.42 Å². The number of aromatic nitrogens is 2. The molecule has 3 aromatic carbocycles. The minimum absolute atomic E-state index is 0.739. The van der Waals surface area contributed by atoms with Gasteiger partial charge < -0.3 is 5.73 Å². The molecule has 0 aliphatic carbocycles. The Kier molecular flexibility index (Phi) is 2.64. The SMILES string of the molecule is NC=CCc1n[nH]c2ccc3cc4ccccc4cc3c12. The molecule has 0 atom stereocenters. The van der Waals surface area contributed by atoms with Gasteiger partial charge in [-0.1, -0.05) is 36.4 Å². The van der Waals surface area contributed by atoms with Crippen LogP contribution in [0.25, 0.3) is 32.4 Å². The fourth-order valence-electron chi connectivity index (χ4n) is 2.93. The van der Waals surface area contributed by atoms with Crippen LogP contribution in [0.4, 0.5) is 0 Å². The number of hydrogen-bond acceptors (Lipinski definition) is 2. The van der Waals surface area contributed by atoms with Crippen molar-refractivity contribution in [2.75, 3.05) is 0 Å². The molecule has 21 heavy (non-hydrogen) atoms. The first-order valence-corrected chi connectivity index (χ1v) is 7.02. The molecule has 3 nitrogen and oxygen atoms in total. The van der Waals surface area contributed by atoms with Gasteiger partial charge in [0.05, 0.1) is 11.2 Å². The van der Waals surface area contributed by atoms with Gasteiger partial charge in [-0.15, -0.1) is 0 Å². The van der Waals surface area contributed by atoms with Gasteiger partial charge in [-0.3, -0.25) is 5.10 Å². The van der Waals surface area contributed by atoms with Crippen LogP contribution in [0.2, 0.25) is 0 Å². The van der Waals surface area contributed by atoms with E-state index in [1.807, 2.05) is 6.08 Å². The van der Waals surface area contributed by atoms with E-state index in [0.717, 1.165) is 17.6 Å². The third kappa shape index (κ3) is 1.86. The highest BCUT2D eigenvalue weighted by molar-refractivity contribution is 6.12. The van der Waals surface area contributed by atoms with E-state index in [1.54, 1.807) is 6.20 Å². The summed E-state index contributed by atoms with van der Waals surface area (Å²) in [7, 11) is 0. The van der Waals surface area contributed by atoms with Crippen LogP contribution in [0.15, 0.2) is 60.8 Å². The Balaban J connectivity index is 2.10. The lowest BCUT2D eigenvalue weighted by molar-refractivity contribution is 1.03. The first kappa shape index (κ1) is 12.0. The van der Waals surface area contributed by atoms with E-state index in [0.29, 0.717) is 0 Å². The molecule has 0 saturated heterocycles. The van der Waals surface area contributed by atoms with Crippen LogP contribution in [0.3, 0.4) is 0 Å². The Morgan fingerprint density at radius 1 is 1.00 bits per heavy atom. The highest BCUT2D eigenvalue weighted by atomic mass is 15.1. The Hall–Kier alpha value is -2.81. The second-order valence-corrected chi connectivity index (χ2v) is 5.21. The third-order valence-corrected chi connectivity index (χ3v) is 3.93. The van der Waals surface area contributed by atoms with Crippen molar-refractivity contribution in [1.82, 2.24) is 10.2 Å². The molecule has 0 amide bonds. The minimum atomic E-state index is 0.739. The molecule has 102 valence electrons. The van der Waals surface area contributed by atoms with E-state index in [1.165, 1.54) is 26.9 Å². The van der Waals surface area contributed by atoms with Crippen LogP contribution < -0.4 is 5.73 Å². The predicted molar refractivity (Wildman–Crippen MR) is 88.1 cm³/mol. The maximum absolute atomic E-state index is 5.46. The van der Waals surface area contributed by atoms with Crippen molar-refractivity contribution in [3.8, 4) is 0 Å². The van der Waals surface area contributed by atoms with E-state index < -0.39 is 0 Å². The van der Waals surface area contributed by atoms with Crippen molar-refractivity contribution < 1.29 is 0 Å². The third-order valence-electron chi connectivity index (χ3n) is 3.93. The molecule has 0 radical (unpaired) electrons. The molecular weight excluding hydrogens is 258 g/mol. The number of hydrogen-bond donors (Lipinski definition) is 2. The van der Waals surface area contributed by atoms with E-state index in [2.05, 4.69) is 58.7 Å². The number of rotatable bonds is 2. The average Bonchev–Trinajstić information content (AvgIpc) is 2.94. The fourth-order valence-corrected chi connectivity index (χ4v) is 2.93. The van der Waals surface area contributed by atoms with Crippen LogP contribution in [0.1, 0.15) is 5.69 Å². The Bertz CT molecular complexity index is 980. The van der Waals surface area contributed by atoms with Gasteiger partial charge in [0.2, 0.25) is 0 Å². The zero-order valence-electron chi connectivity index (χ0n) is 11.5. The second kappa shape index (κ2) is 4.63. The van der Waals surface area contributed by atoms with Crippen LogP contribution >= 0.6 is 0 Å². The Morgan fingerprint density at radius 2 is 1.81 bits per heavy atom. The molecule has 1 aromatic heterocycles. The summed E-state index contributed by atoms with van der Waals surface area (Å²) < 4.78 is 0. The number of allylic oxidation sites excluding steroid dienone is 1. The topological polar surface area (TPSA) is 54.7 Å². The van der Waals surface area contributed by atoms with Crippen LogP contribution in [0.5, 0.6) is 0 Å². The summed E-state index contributed by atoms with van der Waals surface area (Å²) in [4.78, 5) is 0. The molecule has 0 aliphatic heterocycles. The zero-order valence-corrected chi connectivity index (χ0v) is 11.5. The smallest absolute Gasteiger partial charge is 0.0745 e. The van der Waals surface area contributed by atoms with Crippen molar-refractivity contribution in [3.05, 3.63) is 66.5 Å². The lowest BCUT2D eigenvalue weighted by atomic mass is 9.99. The number of H-pyrrole nitrogens is 1. The van der Waals surface area contributed by atoms with Gasteiger partial charge >= 0.3 is 0 Å². The van der Waals surface area contributed by atoms with E-state index >= 15 is 0 Å². The highest BCUT2D eigenvalue weighted by Gasteiger charge is 2.09. The minimum Gasteiger partial charge on any atom is -0.405 e. The summed E-state index contributed by atoms with van der Waals surface area (Å²) in [5, 5.41) is 13.7. The summed E-state index contributed by atoms with van der Waals surface area (Å²) in [6, 6.07) is 17.2. The van der Waals surface area contributed by atoms with Crippen molar-refractivity contribution >= 4 is 32.4 Å². The molecule has 0 unspecified atom stereocenters. The van der Waals surface area contributed by atoms with Gasteiger partial charge in [-0.2, -0.15) is 5.10 Å². The number of aromatic amines is 1. The maximum atomic E-state index is 5.46.